The molecule has 0 radical (unpaired) electrons. The number of primary sulfonamides is 1. The Morgan fingerprint density at radius 1 is 1.18 bits per heavy atom. The van der Waals surface area contributed by atoms with Gasteiger partial charge in [0.25, 0.3) is 5.91 Å². The van der Waals surface area contributed by atoms with Crippen molar-refractivity contribution < 1.29 is 17.9 Å². The van der Waals surface area contributed by atoms with Gasteiger partial charge in [0.1, 0.15) is 16.5 Å². The van der Waals surface area contributed by atoms with E-state index in [9.17, 15) is 13.2 Å². The molecule has 0 bridgehead atoms. The normalized spacial score (nSPS) is 11.2. The molecule has 9 heteroatoms. The fourth-order valence-corrected chi connectivity index (χ4v) is 4.24. The predicted molar refractivity (Wildman–Crippen MR) is 108 cm³/mol. The van der Waals surface area contributed by atoms with Crippen LogP contribution in [0, 0.1) is 0 Å². The van der Waals surface area contributed by atoms with E-state index in [1.165, 1.54) is 22.3 Å². The highest BCUT2D eigenvalue weighted by Gasteiger charge is 2.20. The van der Waals surface area contributed by atoms with Gasteiger partial charge in [-0.15, -0.1) is 11.3 Å². The van der Waals surface area contributed by atoms with Gasteiger partial charge in [0.05, 0.1) is 12.0 Å². The zero-order valence-electron chi connectivity index (χ0n) is 15.3. The number of nitrogens with zero attached hydrogens (tertiary/aromatic N) is 2. The van der Waals surface area contributed by atoms with Gasteiger partial charge in [0, 0.05) is 24.5 Å². The molecule has 3 aromatic rings. The van der Waals surface area contributed by atoms with Gasteiger partial charge in [-0.1, -0.05) is 18.2 Å². The summed E-state index contributed by atoms with van der Waals surface area (Å²) in [4.78, 5) is 18.6. The van der Waals surface area contributed by atoms with Crippen LogP contribution in [0.3, 0.4) is 0 Å². The molecule has 0 saturated heterocycles. The molecule has 0 aliphatic carbocycles. The van der Waals surface area contributed by atoms with Crippen LogP contribution in [0.25, 0.3) is 10.6 Å². The van der Waals surface area contributed by atoms with Gasteiger partial charge < -0.3 is 9.64 Å². The van der Waals surface area contributed by atoms with Gasteiger partial charge in [-0.3, -0.25) is 4.79 Å². The lowest BCUT2D eigenvalue weighted by molar-refractivity contribution is 0.0779. The minimum absolute atomic E-state index is 0.00634. The Bertz CT molecular complexity index is 1090. The molecule has 7 nitrogen and oxygen atoms in total. The Kier molecular flexibility index (Phi) is 5.78. The molecule has 0 saturated carbocycles. The van der Waals surface area contributed by atoms with Crippen LogP contribution >= 0.6 is 11.3 Å². The van der Waals surface area contributed by atoms with E-state index < -0.39 is 10.0 Å². The lowest BCUT2D eigenvalue weighted by Crippen LogP contribution is -2.27. The van der Waals surface area contributed by atoms with Crippen LogP contribution in [0.5, 0.6) is 5.75 Å². The van der Waals surface area contributed by atoms with Crippen molar-refractivity contribution in [2.24, 2.45) is 5.14 Å². The fourth-order valence-electron chi connectivity index (χ4n) is 2.67. The number of rotatable bonds is 6. The Balaban J connectivity index is 1.79. The minimum Gasteiger partial charge on any atom is -0.497 e. The molecule has 0 spiro atoms. The number of sulfonamides is 1. The van der Waals surface area contributed by atoms with Crippen LogP contribution in [0.15, 0.2) is 58.8 Å². The first kappa shape index (κ1) is 20.0. The van der Waals surface area contributed by atoms with Crippen molar-refractivity contribution in [1.29, 1.82) is 0 Å². The zero-order valence-corrected chi connectivity index (χ0v) is 17.0. The lowest BCUT2D eigenvalue weighted by Gasteiger charge is -2.17. The zero-order chi connectivity index (χ0) is 20.3. The number of carbonyl (C=O) groups is 1. The molecule has 1 heterocycles. The molecule has 2 aromatic carbocycles. The maximum absolute atomic E-state index is 12.7. The lowest BCUT2D eigenvalue weighted by atomic mass is 10.2. The summed E-state index contributed by atoms with van der Waals surface area (Å²) < 4.78 is 28.6. The van der Waals surface area contributed by atoms with Crippen molar-refractivity contribution in [3.63, 3.8) is 0 Å². The molecule has 3 rings (SSSR count). The molecule has 28 heavy (non-hydrogen) atoms. The number of aromatic nitrogens is 1. The van der Waals surface area contributed by atoms with E-state index in [4.69, 9.17) is 9.88 Å². The summed E-state index contributed by atoms with van der Waals surface area (Å²) in [5.74, 6) is 0.435. The molecule has 2 N–H and O–H groups in total. The summed E-state index contributed by atoms with van der Waals surface area (Å²) in [7, 11) is -0.681. The molecule has 146 valence electrons. The van der Waals surface area contributed by atoms with E-state index in [0.717, 1.165) is 11.3 Å². The van der Waals surface area contributed by atoms with Crippen LogP contribution in [0.1, 0.15) is 16.1 Å². The first-order valence-electron chi connectivity index (χ1n) is 8.25. The largest absolute Gasteiger partial charge is 0.497 e. The average molecular weight is 418 g/mol. The third-order valence-electron chi connectivity index (χ3n) is 4.09. The van der Waals surface area contributed by atoms with E-state index in [1.54, 1.807) is 37.7 Å². The van der Waals surface area contributed by atoms with Crippen LogP contribution in [-0.4, -0.2) is 38.4 Å². The summed E-state index contributed by atoms with van der Waals surface area (Å²) in [5.41, 5.74) is 1.63. The first-order chi connectivity index (χ1) is 13.3. The molecule has 0 aliphatic heterocycles. The standard InChI is InChI=1S/C19H19N3O4S2/c1-22(11-14-5-3-4-6-17(14)28(20,24)25)19(23)16-12-27-18(21-16)13-7-9-15(26-2)10-8-13/h3-10,12H,11H2,1-2H3,(H2,20,24,25). The fraction of sp³-hybridized carbons (Fsp3) is 0.158. The summed E-state index contributed by atoms with van der Waals surface area (Å²) in [5, 5.41) is 7.65. The molecule has 0 fully saturated rings. The number of benzene rings is 2. The van der Waals surface area contributed by atoms with Crippen molar-refractivity contribution in [3.8, 4) is 16.3 Å². The molecule has 0 unspecified atom stereocenters. The molecule has 1 aromatic heterocycles. The summed E-state index contributed by atoms with van der Waals surface area (Å²) >= 11 is 1.36. The highest BCUT2D eigenvalue weighted by molar-refractivity contribution is 7.89. The second-order valence-corrected chi connectivity index (χ2v) is 8.47. The van der Waals surface area contributed by atoms with Crippen LogP contribution in [0.4, 0.5) is 0 Å². The quantitative estimate of drug-likeness (QED) is 0.664. The maximum atomic E-state index is 12.7. The number of amides is 1. The number of hydrogen-bond acceptors (Lipinski definition) is 6. The number of ether oxygens (including phenoxy) is 1. The molecule has 0 atom stereocenters. The van der Waals surface area contributed by atoms with Gasteiger partial charge in [0.15, 0.2) is 0 Å². The second kappa shape index (κ2) is 8.09. The van der Waals surface area contributed by atoms with Crippen molar-refractivity contribution in [2.45, 2.75) is 11.4 Å². The topological polar surface area (TPSA) is 103 Å². The second-order valence-electron chi connectivity index (χ2n) is 6.08. The van der Waals surface area contributed by atoms with Crippen LogP contribution < -0.4 is 9.88 Å². The van der Waals surface area contributed by atoms with Gasteiger partial charge in [-0.05, 0) is 35.9 Å². The van der Waals surface area contributed by atoms with Gasteiger partial charge in [0.2, 0.25) is 10.0 Å². The van der Waals surface area contributed by atoms with Crippen molar-refractivity contribution in [1.82, 2.24) is 9.88 Å². The van der Waals surface area contributed by atoms with E-state index >= 15 is 0 Å². The van der Waals surface area contributed by atoms with Crippen molar-refractivity contribution in [2.75, 3.05) is 14.2 Å². The van der Waals surface area contributed by atoms with Gasteiger partial charge in [-0.25, -0.2) is 18.5 Å². The predicted octanol–water partition coefficient (Wildman–Crippen LogP) is 2.74. The van der Waals surface area contributed by atoms with Crippen LogP contribution in [0.2, 0.25) is 0 Å². The number of methoxy groups -OCH3 is 1. The minimum atomic E-state index is -3.87. The number of thiazole rings is 1. The SMILES string of the molecule is COc1ccc(-c2nc(C(=O)N(C)Cc3ccccc3S(N)(=O)=O)cs2)cc1. The van der Waals surface area contributed by atoms with E-state index in [-0.39, 0.29) is 17.3 Å². The van der Waals surface area contributed by atoms with Crippen molar-refractivity contribution in [3.05, 3.63) is 65.2 Å². The maximum Gasteiger partial charge on any atom is 0.273 e. The van der Waals surface area contributed by atoms with E-state index in [0.29, 0.717) is 16.3 Å². The number of nitrogens with two attached hydrogens (primary N) is 1. The van der Waals surface area contributed by atoms with Crippen LogP contribution in [-0.2, 0) is 16.6 Å². The van der Waals surface area contributed by atoms with Gasteiger partial charge in [-0.2, -0.15) is 0 Å². The van der Waals surface area contributed by atoms with Gasteiger partial charge >= 0.3 is 0 Å². The monoisotopic (exact) mass is 417 g/mol. The Morgan fingerprint density at radius 3 is 2.50 bits per heavy atom. The first-order valence-corrected chi connectivity index (χ1v) is 10.7. The smallest absolute Gasteiger partial charge is 0.273 e. The Hall–Kier alpha value is -2.75. The average Bonchev–Trinajstić information content (AvgIpc) is 3.17. The highest BCUT2D eigenvalue weighted by atomic mass is 32.2. The Morgan fingerprint density at radius 2 is 1.86 bits per heavy atom. The third kappa shape index (κ3) is 4.38. The van der Waals surface area contributed by atoms with E-state index in [2.05, 4.69) is 4.98 Å². The summed E-state index contributed by atoms with van der Waals surface area (Å²) in [6, 6.07) is 13.7. The number of carbonyl (C=O) groups excluding carboxylic acids is 1. The molecule has 1 amide bonds. The molecular weight excluding hydrogens is 398 g/mol. The summed E-state index contributed by atoms with van der Waals surface area (Å²) in [6.45, 7) is 0.0980. The molecular formula is C19H19N3O4S2. The Labute approximate surface area is 167 Å². The third-order valence-corrected chi connectivity index (χ3v) is 6.00. The number of hydrogen-bond donors (Lipinski definition) is 1. The van der Waals surface area contributed by atoms with Crippen molar-refractivity contribution >= 4 is 27.3 Å². The van der Waals surface area contributed by atoms with E-state index in [1.807, 2.05) is 24.3 Å². The summed E-state index contributed by atoms with van der Waals surface area (Å²) in [6.07, 6.45) is 0. The molecule has 0 aliphatic rings. The highest BCUT2D eigenvalue weighted by Crippen LogP contribution is 2.26.